The van der Waals surface area contributed by atoms with Crippen LogP contribution in [0.3, 0.4) is 0 Å². The van der Waals surface area contributed by atoms with Gasteiger partial charge in [-0.1, -0.05) is 0 Å². The number of carbonyl (C=O) groups excluding carboxylic acids is 2. The van der Waals surface area contributed by atoms with Crippen molar-refractivity contribution in [1.29, 1.82) is 0 Å². The molecule has 1 rings (SSSR count). The summed E-state index contributed by atoms with van der Waals surface area (Å²) in [5.74, 6) is -1.15. The van der Waals surface area contributed by atoms with E-state index in [4.69, 9.17) is 15.2 Å². The predicted octanol–water partition coefficient (Wildman–Crippen LogP) is 2.39. The monoisotopic (exact) mass is 308 g/mol. The number of nitrogen functional groups attached to an aromatic ring is 1. The van der Waals surface area contributed by atoms with Crippen molar-refractivity contribution in [3.8, 4) is 0 Å². The molecular weight excluding hydrogens is 284 g/mol. The molecule has 0 aliphatic rings. The highest BCUT2D eigenvalue weighted by Crippen LogP contribution is 2.32. The smallest absolute Gasteiger partial charge is 0.342 e. The first-order valence-electron chi connectivity index (χ1n) is 6.91. The summed E-state index contributed by atoms with van der Waals surface area (Å²) in [4.78, 5) is 26.2. The molecule has 0 aliphatic heterocycles. The number of aryl methyl sites for hydroxylation is 1. The summed E-state index contributed by atoms with van der Waals surface area (Å²) in [7, 11) is 4.84. The fraction of sp³-hybridized carbons (Fsp3) is 0.500. The first kappa shape index (κ1) is 17.8. The van der Waals surface area contributed by atoms with E-state index in [2.05, 4.69) is 0 Å². The number of benzene rings is 1. The van der Waals surface area contributed by atoms with E-state index in [9.17, 15) is 9.59 Å². The SMILES string of the molecule is COC(=O)c1c(N(C)C)cc(C)c(C(=O)OC(C)(C)C)c1N. The Bertz CT molecular complexity index is 601. The summed E-state index contributed by atoms with van der Waals surface area (Å²) in [5, 5.41) is 0. The molecule has 0 amide bonds. The van der Waals surface area contributed by atoms with E-state index in [1.54, 1.807) is 52.8 Å². The molecule has 1 aromatic rings. The van der Waals surface area contributed by atoms with Gasteiger partial charge in [0.05, 0.1) is 24.0 Å². The zero-order valence-corrected chi connectivity index (χ0v) is 14.2. The summed E-state index contributed by atoms with van der Waals surface area (Å²) in [6, 6.07) is 1.72. The van der Waals surface area contributed by atoms with Crippen LogP contribution in [0.15, 0.2) is 6.07 Å². The molecule has 0 heterocycles. The molecular formula is C16H24N2O4. The number of ether oxygens (including phenoxy) is 2. The van der Waals surface area contributed by atoms with Gasteiger partial charge in [0, 0.05) is 14.1 Å². The maximum Gasteiger partial charge on any atom is 0.342 e. The number of carbonyl (C=O) groups is 2. The molecule has 6 heteroatoms. The number of anilines is 2. The largest absolute Gasteiger partial charge is 0.465 e. The van der Waals surface area contributed by atoms with Crippen molar-refractivity contribution >= 4 is 23.3 Å². The van der Waals surface area contributed by atoms with Crippen LogP contribution in [0.2, 0.25) is 0 Å². The third kappa shape index (κ3) is 3.69. The van der Waals surface area contributed by atoms with E-state index in [-0.39, 0.29) is 16.8 Å². The van der Waals surface area contributed by atoms with Crippen molar-refractivity contribution in [2.75, 3.05) is 31.8 Å². The molecule has 0 aromatic heterocycles. The molecule has 0 radical (unpaired) electrons. The van der Waals surface area contributed by atoms with Crippen LogP contribution in [0.5, 0.6) is 0 Å². The Morgan fingerprint density at radius 2 is 1.68 bits per heavy atom. The van der Waals surface area contributed by atoms with Crippen LogP contribution < -0.4 is 10.6 Å². The van der Waals surface area contributed by atoms with Gasteiger partial charge in [-0.2, -0.15) is 0 Å². The molecule has 0 bridgehead atoms. The Balaban J connectivity index is 3.55. The standard InChI is InChI=1S/C16H24N2O4/c1-9-8-10(18(5)6)12(14(19)21-7)13(17)11(9)15(20)22-16(2,3)4/h8H,17H2,1-7H3. The maximum absolute atomic E-state index is 12.4. The van der Waals surface area contributed by atoms with E-state index in [1.807, 2.05) is 0 Å². The van der Waals surface area contributed by atoms with Gasteiger partial charge in [0.2, 0.25) is 0 Å². The zero-order chi connectivity index (χ0) is 17.2. The van der Waals surface area contributed by atoms with Crippen LogP contribution in [-0.4, -0.2) is 38.7 Å². The minimum absolute atomic E-state index is 0.0739. The zero-order valence-electron chi connectivity index (χ0n) is 14.2. The quantitative estimate of drug-likeness (QED) is 0.682. The molecule has 0 atom stereocenters. The van der Waals surface area contributed by atoms with E-state index in [0.717, 1.165) is 0 Å². The van der Waals surface area contributed by atoms with Crippen LogP contribution in [0.1, 0.15) is 47.1 Å². The molecule has 0 fully saturated rings. The van der Waals surface area contributed by atoms with E-state index >= 15 is 0 Å². The lowest BCUT2D eigenvalue weighted by Gasteiger charge is -2.24. The number of nitrogens with two attached hydrogens (primary N) is 1. The Kier molecular flexibility index (Phi) is 5.06. The first-order chi connectivity index (χ1) is 9.99. The normalized spacial score (nSPS) is 11.0. The molecule has 0 saturated heterocycles. The third-order valence-electron chi connectivity index (χ3n) is 3.02. The van der Waals surface area contributed by atoms with Crippen LogP contribution in [0, 0.1) is 6.92 Å². The topological polar surface area (TPSA) is 81.9 Å². The van der Waals surface area contributed by atoms with Gasteiger partial charge in [-0.15, -0.1) is 0 Å². The molecule has 0 saturated carbocycles. The maximum atomic E-state index is 12.4. The predicted molar refractivity (Wildman–Crippen MR) is 86.4 cm³/mol. The van der Waals surface area contributed by atoms with E-state index < -0.39 is 17.5 Å². The van der Waals surface area contributed by atoms with Crippen molar-refractivity contribution < 1.29 is 19.1 Å². The van der Waals surface area contributed by atoms with E-state index in [1.165, 1.54) is 7.11 Å². The van der Waals surface area contributed by atoms with Crippen molar-refractivity contribution in [2.24, 2.45) is 0 Å². The number of hydrogen-bond donors (Lipinski definition) is 1. The van der Waals surface area contributed by atoms with Gasteiger partial charge in [0.15, 0.2) is 0 Å². The summed E-state index contributed by atoms with van der Waals surface area (Å²) >= 11 is 0. The summed E-state index contributed by atoms with van der Waals surface area (Å²) < 4.78 is 10.2. The van der Waals surface area contributed by atoms with Crippen molar-refractivity contribution in [3.63, 3.8) is 0 Å². The minimum atomic E-state index is -0.651. The number of hydrogen-bond acceptors (Lipinski definition) is 6. The lowest BCUT2D eigenvalue weighted by Crippen LogP contribution is -2.26. The molecule has 2 N–H and O–H groups in total. The molecule has 0 spiro atoms. The lowest BCUT2D eigenvalue weighted by molar-refractivity contribution is 0.00700. The van der Waals surface area contributed by atoms with Gasteiger partial charge in [-0.05, 0) is 39.3 Å². The summed E-state index contributed by atoms with van der Waals surface area (Å²) in [6.07, 6.45) is 0. The minimum Gasteiger partial charge on any atom is -0.465 e. The number of esters is 2. The van der Waals surface area contributed by atoms with Gasteiger partial charge in [0.1, 0.15) is 11.2 Å². The first-order valence-corrected chi connectivity index (χ1v) is 6.91. The number of nitrogens with zero attached hydrogens (tertiary/aromatic N) is 1. The second-order valence-electron chi connectivity index (χ2n) is 6.26. The second kappa shape index (κ2) is 6.25. The average Bonchev–Trinajstić information content (AvgIpc) is 2.34. The number of methoxy groups -OCH3 is 1. The highest BCUT2D eigenvalue weighted by Gasteiger charge is 2.28. The summed E-state index contributed by atoms with van der Waals surface area (Å²) in [5.41, 5.74) is 7.11. The van der Waals surface area contributed by atoms with Gasteiger partial charge in [-0.25, -0.2) is 9.59 Å². The third-order valence-corrected chi connectivity index (χ3v) is 3.02. The lowest BCUT2D eigenvalue weighted by atomic mass is 9.99. The molecule has 1 aromatic carbocycles. The van der Waals surface area contributed by atoms with Gasteiger partial charge in [0.25, 0.3) is 0 Å². The van der Waals surface area contributed by atoms with Crippen LogP contribution in [0.25, 0.3) is 0 Å². The molecule has 22 heavy (non-hydrogen) atoms. The average molecular weight is 308 g/mol. The van der Waals surface area contributed by atoms with Gasteiger partial charge < -0.3 is 20.1 Å². The molecule has 0 unspecified atom stereocenters. The van der Waals surface area contributed by atoms with Gasteiger partial charge in [-0.3, -0.25) is 0 Å². The fourth-order valence-electron chi connectivity index (χ4n) is 2.09. The molecule has 0 aliphatic carbocycles. The Morgan fingerprint density at radius 1 is 1.14 bits per heavy atom. The van der Waals surface area contributed by atoms with Crippen LogP contribution >= 0.6 is 0 Å². The van der Waals surface area contributed by atoms with Crippen LogP contribution in [-0.2, 0) is 9.47 Å². The second-order valence-corrected chi connectivity index (χ2v) is 6.26. The Morgan fingerprint density at radius 3 is 2.09 bits per heavy atom. The van der Waals surface area contributed by atoms with E-state index in [0.29, 0.717) is 11.3 Å². The Labute approximate surface area is 131 Å². The highest BCUT2D eigenvalue weighted by atomic mass is 16.6. The van der Waals surface area contributed by atoms with Crippen molar-refractivity contribution in [1.82, 2.24) is 0 Å². The van der Waals surface area contributed by atoms with Crippen molar-refractivity contribution in [2.45, 2.75) is 33.3 Å². The van der Waals surface area contributed by atoms with Crippen LogP contribution in [0.4, 0.5) is 11.4 Å². The molecule has 6 nitrogen and oxygen atoms in total. The highest BCUT2D eigenvalue weighted by molar-refractivity contribution is 6.08. The van der Waals surface area contributed by atoms with Gasteiger partial charge >= 0.3 is 11.9 Å². The summed E-state index contributed by atoms with van der Waals surface area (Å²) in [6.45, 7) is 7.06. The number of rotatable bonds is 3. The van der Waals surface area contributed by atoms with Crippen molar-refractivity contribution in [3.05, 3.63) is 22.8 Å². The molecule has 122 valence electrons. The Hall–Kier alpha value is -2.24. The fourth-order valence-corrected chi connectivity index (χ4v) is 2.09.